The number of phosphoric ester groups is 1. The number of amides is 1. The van der Waals surface area contributed by atoms with Gasteiger partial charge in [-0.05, 0) is 109 Å². The third-order valence-corrected chi connectivity index (χ3v) is 11.0. The largest absolute Gasteiger partial charge is 0.756 e. The van der Waals surface area contributed by atoms with Crippen LogP contribution in [-0.2, 0) is 18.4 Å². The smallest absolute Gasteiger partial charge is 0.268 e. The van der Waals surface area contributed by atoms with Crippen molar-refractivity contribution in [3.8, 4) is 0 Å². The van der Waals surface area contributed by atoms with E-state index in [9.17, 15) is 19.4 Å². The minimum atomic E-state index is -4.62. The third-order valence-electron chi connectivity index (χ3n) is 10.1. The highest BCUT2D eigenvalue weighted by atomic mass is 31.2. The van der Waals surface area contributed by atoms with Crippen LogP contribution < -0.4 is 10.2 Å². The molecule has 0 rings (SSSR count). The maximum absolute atomic E-state index is 12.9. The Kier molecular flexibility index (Phi) is 43.4. The predicted octanol–water partition coefficient (Wildman–Crippen LogP) is 14.2. The van der Waals surface area contributed by atoms with E-state index in [1.54, 1.807) is 6.08 Å². The van der Waals surface area contributed by atoms with Gasteiger partial charge in [0, 0.05) is 6.42 Å². The SMILES string of the molecule is CC/C=C\C/C=C\C/C=C\C/C=C\C/C=C\C/C=C\C/C=C\C/C=C\CCCCCCC(=O)NC(COP(=O)([O-])OCC[N+](C)(C)C)C(O)/C=C/CC/C=C/CC/C=C/CCCCCC. The Labute approximate surface area is 398 Å². The van der Waals surface area contributed by atoms with Gasteiger partial charge < -0.3 is 28.8 Å². The molecule has 368 valence electrons. The van der Waals surface area contributed by atoms with Gasteiger partial charge in [-0.15, -0.1) is 0 Å². The summed E-state index contributed by atoms with van der Waals surface area (Å²) in [6.07, 6.45) is 69.4. The first-order valence-electron chi connectivity index (χ1n) is 25.0. The van der Waals surface area contributed by atoms with E-state index in [0.717, 1.165) is 103 Å². The molecule has 0 saturated heterocycles. The van der Waals surface area contributed by atoms with Crippen LogP contribution >= 0.6 is 7.82 Å². The second kappa shape index (κ2) is 45.8. The fraction of sp³-hybridized carbons (Fsp3) is 0.589. The highest BCUT2D eigenvalue weighted by Gasteiger charge is 2.23. The number of nitrogens with one attached hydrogen (secondary N) is 1. The Bertz CT molecular complexity index is 1510. The zero-order valence-corrected chi connectivity index (χ0v) is 42.5. The van der Waals surface area contributed by atoms with Gasteiger partial charge in [-0.3, -0.25) is 9.36 Å². The average Bonchev–Trinajstić information content (AvgIpc) is 3.26. The molecule has 0 aromatic rings. The second-order valence-electron chi connectivity index (χ2n) is 17.4. The molecule has 0 saturated carbocycles. The lowest BCUT2D eigenvalue weighted by molar-refractivity contribution is -0.870. The van der Waals surface area contributed by atoms with Crippen LogP contribution in [0.25, 0.3) is 0 Å². The lowest BCUT2D eigenvalue weighted by atomic mass is 10.1. The van der Waals surface area contributed by atoms with Gasteiger partial charge in [0.15, 0.2) is 0 Å². The molecule has 3 atom stereocenters. The molecule has 0 fully saturated rings. The first kappa shape index (κ1) is 61.6. The van der Waals surface area contributed by atoms with Crippen molar-refractivity contribution < 1.29 is 32.9 Å². The summed E-state index contributed by atoms with van der Waals surface area (Å²) >= 11 is 0. The summed E-state index contributed by atoms with van der Waals surface area (Å²) in [4.78, 5) is 25.4. The lowest BCUT2D eigenvalue weighted by Gasteiger charge is -2.29. The number of quaternary nitrogens is 1. The molecule has 65 heavy (non-hydrogen) atoms. The van der Waals surface area contributed by atoms with Crippen LogP contribution in [0.15, 0.2) is 134 Å². The number of allylic oxidation sites excluding steroid dienone is 21. The summed E-state index contributed by atoms with van der Waals surface area (Å²) in [6, 6.07) is -0.933. The summed E-state index contributed by atoms with van der Waals surface area (Å²) < 4.78 is 23.2. The monoisotopic (exact) mass is 921 g/mol. The molecule has 3 unspecified atom stereocenters. The molecule has 0 bridgehead atoms. The molecule has 0 aliphatic rings. The van der Waals surface area contributed by atoms with Crippen molar-refractivity contribution >= 4 is 13.7 Å². The van der Waals surface area contributed by atoms with Crippen LogP contribution in [-0.4, -0.2) is 68.5 Å². The maximum Gasteiger partial charge on any atom is 0.268 e. The van der Waals surface area contributed by atoms with Gasteiger partial charge in [-0.25, -0.2) is 0 Å². The van der Waals surface area contributed by atoms with Crippen molar-refractivity contribution in [3.05, 3.63) is 134 Å². The highest BCUT2D eigenvalue weighted by Crippen LogP contribution is 2.38. The molecule has 0 radical (unpaired) electrons. The summed E-state index contributed by atoms with van der Waals surface area (Å²) in [5.74, 6) is -0.244. The Morgan fingerprint density at radius 2 is 0.954 bits per heavy atom. The number of hydrogen-bond acceptors (Lipinski definition) is 6. The van der Waals surface area contributed by atoms with E-state index in [1.165, 1.54) is 25.7 Å². The molecule has 0 heterocycles. The van der Waals surface area contributed by atoms with Crippen molar-refractivity contribution in [1.82, 2.24) is 5.32 Å². The molecule has 0 aliphatic carbocycles. The number of unbranched alkanes of at least 4 members (excludes halogenated alkanes) is 10. The van der Waals surface area contributed by atoms with Crippen molar-refractivity contribution in [2.75, 3.05) is 40.9 Å². The Balaban J connectivity index is 4.41. The molecule has 9 heteroatoms. The molecule has 0 aliphatic heterocycles. The van der Waals surface area contributed by atoms with Crippen molar-refractivity contribution in [2.45, 2.75) is 174 Å². The summed E-state index contributed by atoms with van der Waals surface area (Å²) in [5, 5.41) is 13.8. The van der Waals surface area contributed by atoms with Crippen molar-refractivity contribution in [1.29, 1.82) is 0 Å². The van der Waals surface area contributed by atoms with E-state index in [1.807, 2.05) is 27.2 Å². The Morgan fingerprint density at radius 1 is 0.554 bits per heavy atom. The summed E-state index contributed by atoms with van der Waals surface area (Å²) in [5.41, 5.74) is 0. The first-order chi connectivity index (χ1) is 31.5. The van der Waals surface area contributed by atoms with Crippen molar-refractivity contribution in [3.63, 3.8) is 0 Å². The van der Waals surface area contributed by atoms with Gasteiger partial charge in [0.2, 0.25) is 5.91 Å². The molecular weight excluding hydrogens is 828 g/mol. The van der Waals surface area contributed by atoms with Gasteiger partial charge in [0.25, 0.3) is 7.82 Å². The average molecular weight is 921 g/mol. The first-order valence-corrected chi connectivity index (χ1v) is 26.5. The number of aliphatic hydroxyl groups excluding tert-OH is 1. The quantitative estimate of drug-likeness (QED) is 0.0273. The molecule has 0 aromatic heterocycles. The van der Waals surface area contributed by atoms with E-state index >= 15 is 0 Å². The normalized spacial score (nSPS) is 15.2. The number of hydrogen-bond donors (Lipinski definition) is 2. The standard InChI is InChI=1S/C56H93N2O6P/c1-6-8-10-12-14-16-18-20-22-23-24-25-26-27-28-29-30-31-32-33-34-35-36-38-40-42-44-46-48-50-56(60)57-54(53-64-65(61,62)63-52-51-58(3,4)5)55(59)49-47-45-43-41-39-37-21-19-17-15-13-11-9-7-2/h8,10,14,16-17,19-20,22,24-25,27-28,30-31,33-34,36,38-39,41,47,49,54-55,59H,6-7,9,11-13,15,18,21,23,26,29,32,35,37,40,42-46,48,50-53H2,1-5H3,(H-,57,60,61,62)/b10-8-,16-14-,19-17+,22-20-,25-24-,28-27-,31-30-,34-33-,38-36-,41-39+,49-47+. The molecule has 8 nitrogen and oxygen atoms in total. The van der Waals surface area contributed by atoms with E-state index in [-0.39, 0.29) is 18.9 Å². The number of aliphatic hydroxyl groups is 1. The van der Waals surface area contributed by atoms with Gasteiger partial charge in [0.1, 0.15) is 13.2 Å². The van der Waals surface area contributed by atoms with Gasteiger partial charge in [-0.2, -0.15) is 0 Å². The van der Waals surface area contributed by atoms with E-state index in [2.05, 4.69) is 141 Å². The highest BCUT2D eigenvalue weighted by molar-refractivity contribution is 7.45. The van der Waals surface area contributed by atoms with Gasteiger partial charge in [-0.1, -0.05) is 180 Å². The molecule has 2 N–H and O–H groups in total. The van der Waals surface area contributed by atoms with E-state index in [4.69, 9.17) is 9.05 Å². The van der Waals surface area contributed by atoms with Crippen LogP contribution in [0.4, 0.5) is 0 Å². The van der Waals surface area contributed by atoms with Crippen LogP contribution in [0.5, 0.6) is 0 Å². The molecular formula is C56H93N2O6P. The number of carbonyl (C=O) groups is 1. The third kappa shape index (κ3) is 48.4. The Hall–Kier alpha value is -3.36. The fourth-order valence-electron chi connectivity index (χ4n) is 6.14. The summed E-state index contributed by atoms with van der Waals surface area (Å²) in [7, 11) is 1.19. The van der Waals surface area contributed by atoms with Crippen LogP contribution in [0.2, 0.25) is 0 Å². The Morgan fingerprint density at radius 3 is 1.42 bits per heavy atom. The number of nitrogens with zero attached hydrogens (tertiary/aromatic N) is 1. The topological polar surface area (TPSA) is 108 Å². The van der Waals surface area contributed by atoms with Gasteiger partial charge >= 0.3 is 0 Å². The number of carbonyl (C=O) groups excluding carboxylic acids is 1. The maximum atomic E-state index is 12.9. The van der Waals surface area contributed by atoms with Crippen LogP contribution in [0, 0.1) is 0 Å². The number of phosphoric acid groups is 1. The molecule has 1 amide bonds. The number of likely N-dealkylation sites (N-methyl/N-ethyl adjacent to an activating group) is 1. The molecule has 0 spiro atoms. The zero-order valence-electron chi connectivity index (χ0n) is 41.6. The lowest BCUT2D eigenvalue weighted by Crippen LogP contribution is -2.45. The van der Waals surface area contributed by atoms with Gasteiger partial charge in [0.05, 0.1) is 39.9 Å². The summed E-state index contributed by atoms with van der Waals surface area (Å²) in [6.45, 7) is 4.42. The van der Waals surface area contributed by atoms with E-state index < -0.39 is 26.6 Å². The minimum Gasteiger partial charge on any atom is -0.756 e. The molecule has 0 aromatic carbocycles. The fourth-order valence-corrected chi connectivity index (χ4v) is 6.86. The predicted molar refractivity (Wildman–Crippen MR) is 278 cm³/mol. The van der Waals surface area contributed by atoms with Crippen LogP contribution in [0.3, 0.4) is 0 Å². The van der Waals surface area contributed by atoms with Crippen LogP contribution in [0.1, 0.15) is 162 Å². The zero-order chi connectivity index (χ0) is 47.8. The second-order valence-corrected chi connectivity index (χ2v) is 18.8. The number of rotatable bonds is 43. The van der Waals surface area contributed by atoms with Crippen molar-refractivity contribution in [2.24, 2.45) is 0 Å². The minimum absolute atomic E-state index is 0.0226. The van der Waals surface area contributed by atoms with E-state index in [0.29, 0.717) is 23.9 Å².